The Bertz CT molecular complexity index is 1560. The van der Waals surface area contributed by atoms with Gasteiger partial charge in [-0.3, -0.25) is 9.71 Å². The lowest BCUT2D eigenvalue weighted by Gasteiger charge is -2.28. The summed E-state index contributed by atoms with van der Waals surface area (Å²) >= 11 is 6.42. The van der Waals surface area contributed by atoms with Crippen LogP contribution in [0.15, 0.2) is 71.9 Å². The fraction of sp³-hybridized carbons (Fsp3) is 0.310. The van der Waals surface area contributed by atoms with Gasteiger partial charge in [-0.1, -0.05) is 35.4 Å². The number of hydrogen-bond donors (Lipinski definition) is 1. The second-order valence-electron chi connectivity index (χ2n) is 9.94. The smallest absolute Gasteiger partial charge is 0.262 e. The number of sulfonamides is 1. The zero-order chi connectivity index (χ0) is 27.4. The number of aromatic nitrogens is 2. The van der Waals surface area contributed by atoms with Crippen molar-refractivity contribution in [2.75, 3.05) is 31.5 Å². The number of rotatable bonds is 9. The molecule has 1 aliphatic heterocycles. The van der Waals surface area contributed by atoms with Crippen molar-refractivity contribution in [2.24, 2.45) is 5.92 Å². The first kappa shape index (κ1) is 27.2. The summed E-state index contributed by atoms with van der Waals surface area (Å²) < 4.78 is 41.1. The summed E-state index contributed by atoms with van der Waals surface area (Å²) in [7, 11) is -1.73. The molecule has 0 amide bonds. The Labute approximate surface area is 234 Å². The fourth-order valence-electron chi connectivity index (χ4n) is 4.44. The first-order valence-electron chi connectivity index (χ1n) is 12.8. The maximum atomic E-state index is 13.1. The van der Waals surface area contributed by atoms with Gasteiger partial charge in [0.15, 0.2) is 0 Å². The van der Waals surface area contributed by atoms with Crippen molar-refractivity contribution in [1.82, 2.24) is 14.9 Å². The number of ether oxygens (including phenoxy) is 2. The number of hydrogen-bond acceptors (Lipinski definition) is 7. The van der Waals surface area contributed by atoms with Crippen molar-refractivity contribution < 1.29 is 17.9 Å². The predicted octanol–water partition coefficient (Wildman–Crippen LogP) is 5.69. The number of halogens is 1. The van der Waals surface area contributed by atoms with Crippen LogP contribution >= 0.6 is 11.6 Å². The molecule has 0 atom stereocenters. The zero-order valence-corrected chi connectivity index (χ0v) is 23.5. The molecule has 2 aromatic heterocycles. The van der Waals surface area contributed by atoms with E-state index in [0.29, 0.717) is 34.2 Å². The number of pyridine rings is 2. The summed E-state index contributed by atoms with van der Waals surface area (Å²) in [6, 6.07) is 15.5. The number of fused-ring (bicyclic) bond motifs is 1. The maximum absolute atomic E-state index is 13.1. The van der Waals surface area contributed by atoms with Gasteiger partial charge in [0.2, 0.25) is 5.88 Å². The average Bonchev–Trinajstić information content (AvgIpc) is 2.93. The molecule has 0 saturated carbocycles. The van der Waals surface area contributed by atoms with Crippen LogP contribution < -0.4 is 14.2 Å². The Morgan fingerprint density at radius 2 is 1.82 bits per heavy atom. The molecule has 3 heterocycles. The number of nitrogens with zero attached hydrogens (tertiary/aromatic N) is 3. The Kier molecular flexibility index (Phi) is 8.20. The lowest BCUT2D eigenvalue weighted by atomic mass is 9.98. The SMILES string of the molecule is Cc1ccc(S(=O)(=O)Nc2cc3cnccc3nc2OCc2ccc(Cl)c(OCC3CCN(C)CC3)c2)cc1. The highest BCUT2D eigenvalue weighted by atomic mass is 35.5. The summed E-state index contributed by atoms with van der Waals surface area (Å²) in [5.41, 5.74) is 2.65. The van der Waals surface area contributed by atoms with Crippen LogP contribution in [0.25, 0.3) is 10.9 Å². The molecule has 8 nitrogen and oxygen atoms in total. The first-order valence-corrected chi connectivity index (χ1v) is 14.7. The van der Waals surface area contributed by atoms with E-state index in [2.05, 4.69) is 26.6 Å². The first-order chi connectivity index (χ1) is 18.8. The molecule has 4 aromatic rings. The zero-order valence-electron chi connectivity index (χ0n) is 21.9. The third-order valence-corrected chi connectivity index (χ3v) is 8.53. The molecule has 10 heteroatoms. The monoisotopic (exact) mass is 566 g/mol. The van der Waals surface area contributed by atoms with Crippen LogP contribution in [0, 0.1) is 12.8 Å². The molecule has 1 N–H and O–H groups in total. The highest BCUT2D eigenvalue weighted by Gasteiger charge is 2.20. The summed E-state index contributed by atoms with van der Waals surface area (Å²) in [5, 5.41) is 1.22. The molecule has 0 bridgehead atoms. The average molecular weight is 567 g/mol. The molecular weight excluding hydrogens is 536 g/mol. The molecule has 1 saturated heterocycles. The van der Waals surface area contributed by atoms with Crippen LogP contribution in [-0.4, -0.2) is 50.0 Å². The van der Waals surface area contributed by atoms with Crippen LogP contribution in [-0.2, 0) is 16.6 Å². The van der Waals surface area contributed by atoms with E-state index in [-0.39, 0.29) is 23.1 Å². The third kappa shape index (κ3) is 6.79. The van der Waals surface area contributed by atoms with Gasteiger partial charge in [0.25, 0.3) is 10.0 Å². The summed E-state index contributed by atoms with van der Waals surface area (Å²) in [5.74, 6) is 1.26. The minimum Gasteiger partial charge on any atom is -0.492 e. The molecule has 1 fully saturated rings. The Hall–Kier alpha value is -3.40. The van der Waals surface area contributed by atoms with Crippen LogP contribution in [0.2, 0.25) is 5.02 Å². The molecule has 0 spiro atoms. The van der Waals surface area contributed by atoms with Crippen molar-refractivity contribution in [1.29, 1.82) is 0 Å². The number of benzene rings is 2. The molecule has 2 aromatic carbocycles. The van der Waals surface area contributed by atoms with Gasteiger partial charge >= 0.3 is 0 Å². The van der Waals surface area contributed by atoms with Gasteiger partial charge in [-0.25, -0.2) is 13.4 Å². The highest BCUT2D eigenvalue weighted by Crippen LogP contribution is 2.31. The van der Waals surface area contributed by atoms with Gasteiger partial charge in [0, 0.05) is 17.8 Å². The molecular formula is C29H31ClN4O4S. The van der Waals surface area contributed by atoms with Gasteiger partial charge in [0.05, 0.1) is 22.0 Å². The summed E-state index contributed by atoms with van der Waals surface area (Å²) in [4.78, 5) is 11.2. The second-order valence-corrected chi connectivity index (χ2v) is 12.0. The molecule has 5 rings (SSSR count). The van der Waals surface area contributed by atoms with E-state index in [1.54, 1.807) is 54.9 Å². The van der Waals surface area contributed by atoms with E-state index in [0.717, 1.165) is 37.1 Å². The lowest BCUT2D eigenvalue weighted by molar-refractivity contribution is 0.160. The van der Waals surface area contributed by atoms with Gasteiger partial charge in [-0.15, -0.1) is 0 Å². The molecule has 1 aliphatic rings. The van der Waals surface area contributed by atoms with Crippen molar-refractivity contribution in [2.45, 2.75) is 31.3 Å². The number of aryl methyl sites for hydroxylation is 1. The Morgan fingerprint density at radius 1 is 1.05 bits per heavy atom. The summed E-state index contributed by atoms with van der Waals surface area (Å²) in [6.45, 7) is 4.80. The van der Waals surface area contributed by atoms with Gasteiger partial charge in [0.1, 0.15) is 18.0 Å². The van der Waals surface area contributed by atoms with E-state index in [4.69, 9.17) is 21.1 Å². The third-order valence-electron chi connectivity index (χ3n) is 6.84. The van der Waals surface area contributed by atoms with E-state index in [1.165, 1.54) is 0 Å². The van der Waals surface area contributed by atoms with Gasteiger partial charge < -0.3 is 14.4 Å². The molecule has 0 aliphatic carbocycles. The molecule has 0 unspecified atom stereocenters. The van der Waals surface area contributed by atoms with Crippen LogP contribution in [0.1, 0.15) is 24.0 Å². The standard InChI is InChI=1S/C29H31ClN4O4S/c1-20-3-6-24(7-4-20)39(35,36)33-27-16-23-17-31-12-9-26(23)32-29(27)38-19-22-5-8-25(30)28(15-22)37-18-21-10-13-34(2)14-11-21/h3-9,12,15-17,21,33H,10-11,13-14,18-19H2,1-2H3. The van der Waals surface area contributed by atoms with Crippen LogP contribution in [0.3, 0.4) is 0 Å². The number of piperidine rings is 1. The number of likely N-dealkylation sites (tertiary alicyclic amines) is 1. The van der Waals surface area contributed by atoms with Crippen molar-refractivity contribution in [3.05, 3.63) is 83.1 Å². The van der Waals surface area contributed by atoms with Crippen molar-refractivity contribution in [3.8, 4) is 11.6 Å². The lowest BCUT2D eigenvalue weighted by Crippen LogP contribution is -2.32. The van der Waals surface area contributed by atoms with Crippen LogP contribution in [0.4, 0.5) is 5.69 Å². The molecule has 0 radical (unpaired) electrons. The fourth-order valence-corrected chi connectivity index (χ4v) is 5.66. The Balaban J connectivity index is 1.34. The van der Waals surface area contributed by atoms with E-state index in [9.17, 15) is 8.42 Å². The number of anilines is 1. The normalized spacial score (nSPS) is 14.8. The molecule has 204 valence electrons. The second kappa shape index (κ2) is 11.8. The minimum absolute atomic E-state index is 0.143. The molecule has 39 heavy (non-hydrogen) atoms. The number of nitrogens with one attached hydrogen (secondary N) is 1. The largest absolute Gasteiger partial charge is 0.492 e. The minimum atomic E-state index is -3.87. The van der Waals surface area contributed by atoms with E-state index < -0.39 is 10.0 Å². The predicted molar refractivity (Wildman–Crippen MR) is 153 cm³/mol. The quantitative estimate of drug-likeness (QED) is 0.278. The maximum Gasteiger partial charge on any atom is 0.262 e. The van der Waals surface area contributed by atoms with Crippen LogP contribution in [0.5, 0.6) is 11.6 Å². The van der Waals surface area contributed by atoms with E-state index in [1.807, 2.05) is 19.1 Å². The summed E-state index contributed by atoms with van der Waals surface area (Å²) in [6.07, 6.45) is 5.45. The van der Waals surface area contributed by atoms with Gasteiger partial charge in [-0.05, 0) is 87.8 Å². The van der Waals surface area contributed by atoms with E-state index >= 15 is 0 Å². The van der Waals surface area contributed by atoms with Crippen molar-refractivity contribution >= 4 is 38.2 Å². The topological polar surface area (TPSA) is 93.7 Å². The Morgan fingerprint density at radius 3 is 2.59 bits per heavy atom. The highest BCUT2D eigenvalue weighted by molar-refractivity contribution is 7.92. The van der Waals surface area contributed by atoms with Gasteiger partial charge in [-0.2, -0.15) is 0 Å². The van der Waals surface area contributed by atoms with Crippen molar-refractivity contribution in [3.63, 3.8) is 0 Å².